The van der Waals surface area contributed by atoms with Crippen LogP contribution >= 0.6 is 0 Å². The molecule has 0 heterocycles. The van der Waals surface area contributed by atoms with Crippen LogP contribution in [0.5, 0.6) is 5.75 Å². The molecule has 7 nitrogen and oxygen atoms in total. The molecule has 1 rings (SSSR count). The number of aromatic hydroxyl groups is 1. The lowest BCUT2D eigenvalue weighted by molar-refractivity contribution is 0.476. The molecule has 3 N–H and O–H groups in total. The van der Waals surface area contributed by atoms with Crippen LogP contribution in [0.1, 0.15) is 6.42 Å². The van der Waals surface area contributed by atoms with Crippen molar-refractivity contribution in [3.05, 3.63) is 23.1 Å². The Morgan fingerprint density at radius 3 is 2.59 bits per heavy atom. The Morgan fingerprint density at radius 2 is 2.06 bits per heavy atom. The van der Waals surface area contributed by atoms with Gasteiger partial charge in [-0.1, -0.05) is 0 Å². The number of rotatable bonds is 6. The second kappa shape index (κ2) is 5.60. The fraction of sp³-hybridized carbons (Fsp3) is 0.333. The number of hydrogen-bond donors (Lipinski definition) is 3. The van der Waals surface area contributed by atoms with E-state index in [0.29, 0.717) is 12.2 Å². The van der Waals surface area contributed by atoms with Crippen molar-refractivity contribution in [2.24, 2.45) is 5.18 Å². The lowest BCUT2D eigenvalue weighted by atomic mass is 10.2. The minimum atomic E-state index is -3.94. The van der Waals surface area contributed by atoms with Gasteiger partial charge in [-0.2, -0.15) is 8.42 Å². The zero-order chi connectivity index (χ0) is 12.9. The summed E-state index contributed by atoms with van der Waals surface area (Å²) in [7, 11) is -3.94. The first kappa shape index (κ1) is 13.4. The van der Waals surface area contributed by atoms with E-state index in [0.717, 1.165) is 0 Å². The minimum Gasteiger partial charge on any atom is -0.505 e. The van der Waals surface area contributed by atoms with Crippen LogP contribution in [0.25, 0.3) is 0 Å². The Kier molecular flexibility index (Phi) is 4.41. The van der Waals surface area contributed by atoms with Gasteiger partial charge in [0.1, 0.15) is 11.4 Å². The number of phenols is 1. The van der Waals surface area contributed by atoms with Gasteiger partial charge in [-0.3, -0.25) is 4.55 Å². The molecule has 0 aliphatic rings. The molecular weight excluding hydrogens is 248 g/mol. The van der Waals surface area contributed by atoms with Crippen LogP contribution in [0.4, 0.5) is 11.4 Å². The van der Waals surface area contributed by atoms with E-state index in [1.54, 1.807) is 0 Å². The Hall–Kier alpha value is -1.67. The van der Waals surface area contributed by atoms with Gasteiger partial charge in [0, 0.05) is 18.3 Å². The first-order valence-corrected chi connectivity index (χ1v) is 6.39. The molecule has 0 aliphatic carbocycles. The zero-order valence-electron chi connectivity index (χ0n) is 8.83. The maximum Gasteiger partial charge on any atom is 0.264 e. The highest BCUT2D eigenvalue weighted by Crippen LogP contribution is 2.28. The Bertz CT molecular complexity index is 500. The minimum absolute atomic E-state index is 0.0616. The highest BCUT2D eigenvalue weighted by atomic mass is 32.2. The number of nitrogens with one attached hydrogen (secondary N) is 1. The van der Waals surface area contributed by atoms with Crippen LogP contribution in [0.3, 0.4) is 0 Å². The average Bonchev–Trinajstić information content (AvgIpc) is 2.23. The molecule has 0 spiro atoms. The summed E-state index contributed by atoms with van der Waals surface area (Å²) in [4.78, 5) is 10.2. The van der Waals surface area contributed by atoms with Crippen LogP contribution in [-0.2, 0) is 10.1 Å². The Morgan fingerprint density at radius 1 is 1.35 bits per heavy atom. The van der Waals surface area contributed by atoms with Gasteiger partial charge < -0.3 is 10.4 Å². The fourth-order valence-electron chi connectivity index (χ4n) is 1.20. The molecule has 0 amide bonds. The third kappa shape index (κ3) is 4.79. The lowest BCUT2D eigenvalue weighted by Gasteiger charge is -2.06. The molecule has 0 aliphatic heterocycles. The number of anilines is 1. The summed E-state index contributed by atoms with van der Waals surface area (Å²) in [5.41, 5.74) is 0.471. The van der Waals surface area contributed by atoms with Crippen LogP contribution in [0, 0.1) is 4.91 Å². The van der Waals surface area contributed by atoms with Gasteiger partial charge >= 0.3 is 0 Å². The summed E-state index contributed by atoms with van der Waals surface area (Å²) in [6.07, 6.45) is 0.229. The zero-order valence-corrected chi connectivity index (χ0v) is 9.64. The second-order valence-corrected chi connectivity index (χ2v) is 4.93. The molecule has 0 aromatic heterocycles. The highest BCUT2D eigenvalue weighted by molar-refractivity contribution is 7.85. The van der Waals surface area contributed by atoms with Crippen molar-refractivity contribution in [3.8, 4) is 5.75 Å². The molecule has 0 fully saturated rings. The van der Waals surface area contributed by atoms with Crippen molar-refractivity contribution in [1.29, 1.82) is 0 Å². The van der Waals surface area contributed by atoms with Crippen molar-refractivity contribution < 1.29 is 18.1 Å². The largest absolute Gasteiger partial charge is 0.505 e. The van der Waals surface area contributed by atoms with E-state index >= 15 is 0 Å². The van der Waals surface area contributed by atoms with E-state index in [1.165, 1.54) is 18.2 Å². The molecule has 0 atom stereocenters. The molecule has 1 aromatic rings. The van der Waals surface area contributed by atoms with E-state index in [9.17, 15) is 18.4 Å². The molecule has 0 saturated heterocycles. The monoisotopic (exact) mass is 260 g/mol. The number of nitroso groups, excluding NO2 is 1. The normalized spacial score (nSPS) is 11.1. The molecule has 1 aromatic carbocycles. The van der Waals surface area contributed by atoms with Gasteiger partial charge in [-0.15, -0.1) is 4.91 Å². The van der Waals surface area contributed by atoms with Gasteiger partial charge in [0.2, 0.25) is 0 Å². The molecular formula is C9H12N2O5S. The van der Waals surface area contributed by atoms with E-state index < -0.39 is 10.1 Å². The van der Waals surface area contributed by atoms with Crippen molar-refractivity contribution in [3.63, 3.8) is 0 Å². The van der Waals surface area contributed by atoms with Gasteiger partial charge in [-0.25, -0.2) is 0 Å². The average molecular weight is 260 g/mol. The van der Waals surface area contributed by atoms with Crippen molar-refractivity contribution >= 4 is 21.5 Å². The second-order valence-electron chi connectivity index (χ2n) is 3.36. The van der Waals surface area contributed by atoms with E-state index in [1.807, 2.05) is 0 Å². The third-order valence-electron chi connectivity index (χ3n) is 1.98. The summed E-state index contributed by atoms with van der Waals surface area (Å²) in [5, 5.41) is 14.7. The van der Waals surface area contributed by atoms with E-state index in [-0.39, 0.29) is 23.6 Å². The molecule has 17 heavy (non-hydrogen) atoms. The first-order chi connectivity index (χ1) is 7.92. The van der Waals surface area contributed by atoms with Gasteiger partial charge in [0.15, 0.2) is 0 Å². The summed E-state index contributed by atoms with van der Waals surface area (Å²) in [6, 6.07) is 4.18. The topological polar surface area (TPSA) is 116 Å². The summed E-state index contributed by atoms with van der Waals surface area (Å²) >= 11 is 0. The predicted octanol–water partition coefficient (Wildman–Crippen LogP) is 1.48. The standard InChI is InChI=1S/C9H12N2O5S/c12-9-6-7(2-3-8(9)11-13)10-4-1-5-17(14,15)16/h2-3,6,10,12H,1,4-5H2,(H,14,15,16). The van der Waals surface area contributed by atoms with Gasteiger partial charge in [0.05, 0.1) is 5.75 Å². The summed E-state index contributed by atoms with van der Waals surface area (Å²) < 4.78 is 29.3. The summed E-state index contributed by atoms with van der Waals surface area (Å²) in [6.45, 7) is 0.313. The lowest BCUT2D eigenvalue weighted by Crippen LogP contribution is -2.10. The van der Waals surface area contributed by atoms with Crippen LogP contribution in [-0.4, -0.2) is 30.4 Å². The molecule has 0 bridgehead atoms. The first-order valence-electron chi connectivity index (χ1n) is 4.78. The number of phenolic OH excluding ortho intramolecular Hbond substituents is 1. The fourth-order valence-corrected chi connectivity index (χ4v) is 1.71. The number of hydrogen-bond acceptors (Lipinski definition) is 6. The predicted molar refractivity (Wildman–Crippen MR) is 63.1 cm³/mol. The van der Waals surface area contributed by atoms with Crippen LogP contribution < -0.4 is 5.32 Å². The molecule has 0 unspecified atom stereocenters. The van der Waals surface area contributed by atoms with Crippen molar-refractivity contribution in [2.75, 3.05) is 17.6 Å². The molecule has 94 valence electrons. The number of nitrogens with zero attached hydrogens (tertiary/aromatic N) is 1. The smallest absolute Gasteiger partial charge is 0.264 e. The third-order valence-corrected chi connectivity index (χ3v) is 2.79. The van der Waals surface area contributed by atoms with E-state index in [2.05, 4.69) is 10.5 Å². The van der Waals surface area contributed by atoms with Gasteiger partial charge in [-0.05, 0) is 23.7 Å². The van der Waals surface area contributed by atoms with Gasteiger partial charge in [0.25, 0.3) is 10.1 Å². The maximum absolute atomic E-state index is 10.4. The van der Waals surface area contributed by atoms with Crippen LogP contribution in [0.15, 0.2) is 23.4 Å². The summed E-state index contributed by atoms with van der Waals surface area (Å²) in [5.74, 6) is -0.584. The Balaban J connectivity index is 2.48. The molecule has 0 radical (unpaired) electrons. The molecule has 0 saturated carbocycles. The maximum atomic E-state index is 10.4. The highest BCUT2D eigenvalue weighted by Gasteiger charge is 2.04. The van der Waals surface area contributed by atoms with E-state index in [4.69, 9.17) is 4.55 Å². The quantitative estimate of drug-likeness (QED) is 0.405. The number of benzene rings is 1. The molecule has 8 heteroatoms. The van der Waals surface area contributed by atoms with Crippen molar-refractivity contribution in [1.82, 2.24) is 0 Å². The SMILES string of the molecule is O=Nc1ccc(NCCCS(=O)(=O)O)cc1O. The van der Waals surface area contributed by atoms with Crippen molar-refractivity contribution in [2.45, 2.75) is 6.42 Å². The Labute approximate surface area is 98.2 Å². The van der Waals surface area contributed by atoms with Crippen LogP contribution in [0.2, 0.25) is 0 Å².